The maximum absolute atomic E-state index is 12.9. The van der Waals surface area contributed by atoms with Gasteiger partial charge in [0.1, 0.15) is 17.5 Å². The second-order valence-corrected chi connectivity index (χ2v) is 8.12. The molecular formula is C17H15FN2O8S. The number of carbonyl (C=O) groups is 2. The average Bonchev–Trinajstić information content (AvgIpc) is 2.62. The summed E-state index contributed by atoms with van der Waals surface area (Å²) in [4.78, 5) is 32.7. The van der Waals surface area contributed by atoms with Crippen molar-refractivity contribution in [2.75, 3.05) is 11.1 Å². The Morgan fingerprint density at radius 1 is 1.14 bits per heavy atom. The Kier molecular flexibility index (Phi) is 6.49. The van der Waals surface area contributed by atoms with Crippen molar-refractivity contribution in [3.05, 3.63) is 69.5 Å². The number of carboxylic acids is 2. The minimum Gasteiger partial charge on any atom is -0.480 e. The molecule has 2 aromatic rings. The van der Waals surface area contributed by atoms with Gasteiger partial charge in [0.2, 0.25) is 0 Å². The zero-order valence-corrected chi connectivity index (χ0v) is 15.4. The molecule has 2 rings (SSSR count). The molecule has 0 bridgehead atoms. The molecule has 0 spiro atoms. The van der Waals surface area contributed by atoms with Gasteiger partial charge in [-0.15, -0.1) is 0 Å². The summed E-state index contributed by atoms with van der Waals surface area (Å²) >= 11 is 0. The van der Waals surface area contributed by atoms with Crippen LogP contribution in [0.4, 0.5) is 15.8 Å². The van der Waals surface area contributed by atoms with E-state index in [0.29, 0.717) is 0 Å². The Balaban J connectivity index is 2.26. The maximum atomic E-state index is 12.9. The molecule has 1 atom stereocenters. The normalized spacial score (nSPS) is 12.2. The molecule has 154 valence electrons. The number of nitro groups is 1. The lowest BCUT2D eigenvalue weighted by Crippen LogP contribution is -2.37. The third kappa shape index (κ3) is 5.97. The summed E-state index contributed by atoms with van der Waals surface area (Å²) in [6.45, 7) is 0. The predicted molar refractivity (Wildman–Crippen MR) is 99.0 cm³/mol. The van der Waals surface area contributed by atoms with E-state index in [9.17, 15) is 37.6 Å². The number of rotatable bonds is 9. The second kappa shape index (κ2) is 8.65. The summed E-state index contributed by atoms with van der Waals surface area (Å²) in [5.74, 6) is -5.02. The number of aromatic carboxylic acids is 1. The minimum absolute atomic E-state index is 0.243. The highest BCUT2D eigenvalue weighted by molar-refractivity contribution is 7.90. The van der Waals surface area contributed by atoms with Gasteiger partial charge in [-0.05, 0) is 29.8 Å². The Bertz CT molecular complexity index is 1050. The van der Waals surface area contributed by atoms with Crippen LogP contribution in [0.1, 0.15) is 15.9 Å². The zero-order valence-electron chi connectivity index (χ0n) is 14.6. The van der Waals surface area contributed by atoms with Crippen molar-refractivity contribution >= 4 is 33.2 Å². The molecule has 0 saturated heterocycles. The third-order valence-electron chi connectivity index (χ3n) is 3.79. The fraction of sp³-hybridized carbons (Fsp3) is 0.176. The van der Waals surface area contributed by atoms with E-state index in [1.165, 1.54) is 12.1 Å². The number of halogens is 1. The molecule has 2 aromatic carbocycles. The SMILES string of the molecule is O=C(O)c1ccc(N[C@@H](CS(=O)(=O)Cc2ccc(F)cc2)C(=O)O)c([N+](=O)[O-])c1. The van der Waals surface area contributed by atoms with E-state index >= 15 is 0 Å². The molecule has 0 fully saturated rings. The summed E-state index contributed by atoms with van der Waals surface area (Å²) in [7, 11) is -4.00. The largest absolute Gasteiger partial charge is 0.480 e. The van der Waals surface area contributed by atoms with Crippen LogP contribution in [0.5, 0.6) is 0 Å². The van der Waals surface area contributed by atoms with Crippen molar-refractivity contribution in [1.29, 1.82) is 0 Å². The van der Waals surface area contributed by atoms with E-state index in [2.05, 4.69) is 5.32 Å². The highest BCUT2D eigenvalue weighted by Crippen LogP contribution is 2.27. The third-order valence-corrected chi connectivity index (χ3v) is 5.40. The molecule has 10 nitrogen and oxygen atoms in total. The van der Waals surface area contributed by atoms with Crippen LogP contribution >= 0.6 is 0 Å². The van der Waals surface area contributed by atoms with Crippen molar-refractivity contribution < 1.29 is 37.5 Å². The highest BCUT2D eigenvalue weighted by Gasteiger charge is 2.28. The number of sulfone groups is 1. The summed E-state index contributed by atoms with van der Waals surface area (Å²) in [5.41, 5.74) is -1.21. The van der Waals surface area contributed by atoms with Crippen molar-refractivity contribution in [2.24, 2.45) is 0 Å². The molecule has 0 unspecified atom stereocenters. The number of benzene rings is 2. The summed E-state index contributed by atoms with van der Waals surface area (Å²) in [5, 5.41) is 31.7. The van der Waals surface area contributed by atoms with Crippen LogP contribution in [0.3, 0.4) is 0 Å². The number of aliphatic carboxylic acids is 1. The van der Waals surface area contributed by atoms with Gasteiger partial charge in [-0.25, -0.2) is 22.4 Å². The Morgan fingerprint density at radius 2 is 1.76 bits per heavy atom. The van der Waals surface area contributed by atoms with Crippen LogP contribution in [-0.4, -0.2) is 47.3 Å². The van der Waals surface area contributed by atoms with Gasteiger partial charge < -0.3 is 15.5 Å². The summed E-state index contributed by atoms with van der Waals surface area (Å²) < 4.78 is 37.6. The second-order valence-electron chi connectivity index (χ2n) is 6.01. The van der Waals surface area contributed by atoms with E-state index in [-0.39, 0.29) is 11.3 Å². The maximum Gasteiger partial charge on any atom is 0.335 e. The fourth-order valence-corrected chi connectivity index (χ4v) is 4.00. The number of hydrogen-bond donors (Lipinski definition) is 3. The van der Waals surface area contributed by atoms with Gasteiger partial charge in [0.15, 0.2) is 9.84 Å². The van der Waals surface area contributed by atoms with Crippen LogP contribution in [0, 0.1) is 15.9 Å². The van der Waals surface area contributed by atoms with Gasteiger partial charge in [0.25, 0.3) is 5.69 Å². The molecule has 0 aliphatic carbocycles. The first-order valence-corrected chi connectivity index (χ1v) is 9.76. The Hall–Kier alpha value is -3.54. The van der Waals surface area contributed by atoms with Gasteiger partial charge in [0.05, 0.1) is 22.0 Å². The number of nitrogens with one attached hydrogen (secondary N) is 1. The standard InChI is InChI=1S/C17H15FN2O8S/c18-12-4-1-10(2-5-12)8-29(27,28)9-14(17(23)24)19-13-6-3-11(16(21)22)7-15(13)20(25)26/h1-7,14,19H,8-9H2,(H,21,22)(H,23,24)/t14-/m0/s1. The lowest BCUT2D eigenvalue weighted by atomic mass is 10.1. The number of carboxylic acid groups (broad SMARTS) is 2. The Labute approximate surface area is 163 Å². The number of nitrogens with zero attached hydrogens (tertiary/aromatic N) is 1. The molecule has 3 N–H and O–H groups in total. The summed E-state index contributed by atoms with van der Waals surface area (Å²) in [6.07, 6.45) is 0. The molecule has 29 heavy (non-hydrogen) atoms. The van der Waals surface area contributed by atoms with E-state index in [4.69, 9.17) is 5.11 Å². The zero-order chi connectivity index (χ0) is 21.8. The lowest BCUT2D eigenvalue weighted by Gasteiger charge is -2.16. The average molecular weight is 426 g/mol. The Morgan fingerprint density at radius 3 is 2.28 bits per heavy atom. The first-order valence-electron chi connectivity index (χ1n) is 7.94. The van der Waals surface area contributed by atoms with Crippen LogP contribution in [0.25, 0.3) is 0 Å². The predicted octanol–water partition coefficient (Wildman–Crippen LogP) is 1.91. The van der Waals surface area contributed by atoms with E-state index in [1.54, 1.807) is 0 Å². The molecule has 0 aliphatic heterocycles. The monoisotopic (exact) mass is 426 g/mol. The fourth-order valence-electron chi connectivity index (χ4n) is 2.45. The molecule has 0 radical (unpaired) electrons. The van der Waals surface area contributed by atoms with Gasteiger partial charge in [0, 0.05) is 6.07 Å². The van der Waals surface area contributed by atoms with Gasteiger partial charge in [-0.1, -0.05) is 12.1 Å². The number of hydrogen-bond acceptors (Lipinski definition) is 7. The van der Waals surface area contributed by atoms with Crippen molar-refractivity contribution in [3.8, 4) is 0 Å². The van der Waals surface area contributed by atoms with Crippen LogP contribution < -0.4 is 5.32 Å². The van der Waals surface area contributed by atoms with Crippen LogP contribution in [-0.2, 0) is 20.4 Å². The smallest absolute Gasteiger partial charge is 0.335 e. The molecule has 12 heteroatoms. The first kappa shape index (κ1) is 21.8. The van der Waals surface area contributed by atoms with Crippen molar-refractivity contribution in [2.45, 2.75) is 11.8 Å². The quantitative estimate of drug-likeness (QED) is 0.401. The van der Waals surface area contributed by atoms with E-state index in [0.717, 1.165) is 30.3 Å². The first-order chi connectivity index (χ1) is 13.5. The topological polar surface area (TPSA) is 164 Å². The molecule has 0 saturated carbocycles. The highest BCUT2D eigenvalue weighted by atomic mass is 32.2. The van der Waals surface area contributed by atoms with Crippen molar-refractivity contribution in [3.63, 3.8) is 0 Å². The molecule has 0 heterocycles. The van der Waals surface area contributed by atoms with Crippen LogP contribution in [0.15, 0.2) is 42.5 Å². The molecular weight excluding hydrogens is 411 g/mol. The van der Waals surface area contributed by atoms with Gasteiger partial charge in [-0.3, -0.25) is 10.1 Å². The minimum atomic E-state index is -4.00. The number of anilines is 1. The number of nitro benzene ring substituents is 1. The molecule has 0 aromatic heterocycles. The van der Waals surface area contributed by atoms with E-state index in [1.807, 2.05) is 0 Å². The summed E-state index contributed by atoms with van der Waals surface area (Å²) in [6, 6.07) is 5.60. The van der Waals surface area contributed by atoms with E-state index < -0.39 is 61.3 Å². The van der Waals surface area contributed by atoms with Gasteiger partial charge in [-0.2, -0.15) is 0 Å². The lowest BCUT2D eigenvalue weighted by molar-refractivity contribution is -0.384. The van der Waals surface area contributed by atoms with Gasteiger partial charge >= 0.3 is 11.9 Å². The van der Waals surface area contributed by atoms with Crippen molar-refractivity contribution in [1.82, 2.24) is 0 Å². The van der Waals surface area contributed by atoms with Crippen LogP contribution in [0.2, 0.25) is 0 Å². The molecule has 0 aliphatic rings. The molecule has 0 amide bonds.